The summed E-state index contributed by atoms with van der Waals surface area (Å²) in [4.78, 5) is 38.2. The van der Waals surface area contributed by atoms with Crippen molar-refractivity contribution in [1.29, 1.82) is 0 Å². The first-order valence-corrected chi connectivity index (χ1v) is 29.8. The highest BCUT2D eigenvalue weighted by molar-refractivity contribution is 5.71. The Morgan fingerprint density at radius 2 is 0.576 bits per heavy atom. The maximum Gasteiger partial charge on any atom is 0.306 e. The van der Waals surface area contributed by atoms with Gasteiger partial charge < -0.3 is 14.2 Å². The Hall–Kier alpha value is -1.59. The SMILES string of the molecule is CCCCCCCCCCCCCCCCCCCCC(=O)OC[C@@H](COC(=O)CCCCCCCCCCCCC(C)CC)OC(=O)CCCCCCCCCCCCCCCC(C)C. The van der Waals surface area contributed by atoms with E-state index in [2.05, 4.69) is 34.6 Å². The molecule has 6 heteroatoms. The maximum absolute atomic E-state index is 12.9. The van der Waals surface area contributed by atoms with Gasteiger partial charge in [-0.05, 0) is 31.1 Å². The zero-order chi connectivity index (χ0) is 48.2. The largest absolute Gasteiger partial charge is 0.462 e. The van der Waals surface area contributed by atoms with Crippen molar-refractivity contribution >= 4 is 17.9 Å². The molecule has 0 spiro atoms. The van der Waals surface area contributed by atoms with Crippen molar-refractivity contribution in [2.75, 3.05) is 13.2 Å². The highest BCUT2D eigenvalue weighted by Crippen LogP contribution is 2.19. The average molecular weight is 934 g/mol. The molecule has 0 radical (unpaired) electrons. The number of carbonyl (C=O) groups is 3. The lowest BCUT2D eigenvalue weighted by Gasteiger charge is -2.18. The predicted octanol–water partition coefficient (Wildman–Crippen LogP) is 19.7. The van der Waals surface area contributed by atoms with E-state index in [-0.39, 0.29) is 31.1 Å². The van der Waals surface area contributed by atoms with Crippen LogP contribution in [0.5, 0.6) is 0 Å². The summed E-state index contributed by atoms with van der Waals surface area (Å²) in [6, 6.07) is 0. The van der Waals surface area contributed by atoms with Crippen LogP contribution in [0.25, 0.3) is 0 Å². The van der Waals surface area contributed by atoms with Crippen LogP contribution in [-0.4, -0.2) is 37.2 Å². The Morgan fingerprint density at radius 1 is 0.318 bits per heavy atom. The second-order valence-corrected chi connectivity index (χ2v) is 21.4. The predicted molar refractivity (Wildman–Crippen MR) is 284 cm³/mol. The molecule has 0 aliphatic carbocycles. The van der Waals surface area contributed by atoms with E-state index >= 15 is 0 Å². The molecule has 0 aromatic heterocycles. The smallest absolute Gasteiger partial charge is 0.306 e. The standard InChI is InChI=1S/C60H116O6/c1-6-8-9-10-11-12-13-14-15-16-17-18-21-24-30-35-40-45-50-58(61)64-53-57(54-65-59(62)51-46-41-36-31-27-26-29-34-39-44-49-56(5)7-2)66-60(63)52-47-42-37-32-25-22-19-20-23-28-33-38-43-48-55(3)4/h55-57H,6-54H2,1-5H3/t56?,57-/m0/s1. The molecule has 0 N–H and O–H groups in total. The summed E-state index contributed by atoms with van der Waals surface area (Å²) in [6.07, 6.45) is 56.6. The first kappa shape index (κ1) is 64.4. The first-order chi connectivity index (χ1) is 32.3. The average Bonchev–Trinajstić information content (AvgIpc) is 3.30. The third-order valence-electron chi connectivity index (χ3n) is 14.1. The summed E-state index contributed by atoms with van der Waals surface area (Å²) in [5, 5.41) is 0. The van der Waals surface area contributed by atoms with Crippen LogP contribution < -0.4 is 0 Å². The van der Waals surface area contributed by atoms with Gasteiger partial charge in [0.2, 0.25) is 0 Å². The molecule has 0 heterocycles. The molecule has 0 fully saturated rings. The van der Waals surface area contributed by atoms with E-state index in [9.17, 15) is 14.4 Å². The zero-order valence-corrected chi connectivity index (χ0v) is 45.3. The van der Waals surface area contributed by atoms with E-state index in [0.717, 1.165) is 69.6 Å². The molecule has 0 aliphatic rings. The van der Waals surface area contributed by atoms with Gasteiger partial charge in [0.1, 0.15) is 13.2 Å². The highest BCUT2D eigenvalue weighted by Gasteiger charge is 2.19. The monoisotopic (exact) mass is 933 g/mol. The molecule has 0 aliphatic heterocycles. The summed E-state index contributed by atoms with van der Waals surface area (Å²) in [5.74, 6) is 0.870. The fourth-order valence-corrected chi connectivity index (χ4v) is 9.20. The van der Waals surface area contributed by atoms with Crippen LogP contribution >= 0.6 is 0 Å². The summed E-state index contributed by atoms with van der Waals surface area (Å²) in [5.41, 5.74) is 0. The summed E-state index contributed by atoms with van der Waals surface area (Å²) < 4.78 is 16.9. The number of unbranched alkanes of at least 4 members (excludes halogenated alkanes) is 38. The van der Waals surface area contributed by atoms with Gasteiger partial charge in [0.25, 0.3) is 0 Å². The minimum atomic E-state index is -0.763. The molecule has 0 aromatic carbocycles. The molecule has 0 bridgehead atoms. The van der Waals surface area contributed by atoms with Gasteiger partial charge in [0.15, 0.2) is 6.10 Å². The third-order valence-corrected chi connectivity index (χ3v) is 14.1. The molecule has 0 rings (SSSR count). The van der Waals surface area contributed by atoms with E-state index in [0.29, 0.717) is 19.3 Å². The lowest BCUT2D eigenvalue weighted by atomic mass is 9.99. The minimum absolute atomic E-state index is 0.0626. The van der Waals surface area contributed by atoms with Crippen LogP contribution in [0.15, 0.2) is 0 Å². The van der Waals surface area contributed by atoms with Gasteiger partial charge in [-0.2, -0.15) is 0 Å². The summed E-state index contributed by atoms with van der Waals surface area (Å²) >= 11 is 0. The number of rotatable bonds is 54. The number of hydrogen-bond acceptors (Lipinski definition) is 6. The lowest BCUT2D eigenvalue weighted by Crippen LogP contribution is -2.30. The van der Waals surface area contributed by atoms with Gasteiger partial charge in [-0.15, -0.1) is 0 Å². The number of hydrogen-bond donors (Lipinski definition) is 0. The van der Waals surface area contributed by atoms with Crippen molar-refractivity contribution < 1.29 is 28.6 Å². The van der Waals surface area contributed by atoms with Gasteiger partial charge in [0.05, 0.1) is 0 Å². The van der Waals surface area contributed by atoms with E-state index in [1.54, 1.807) is 0 Å². The minimum Gasteiger partial charge on any atom is -0.462 e. The molecule has 66 heavy (non-hydrogen) atoms. The second kappa shape index (κ2) is 52.8. The van der Waals surface area contributed by atoms with Crippen LogP contribution in [0.2, 0.25) is 0 Å². The molecular formula is C60H116O6. The Morgan fingerprint density at radius 3 is 0.864 bits per heavy atom. The molecule has 2 atom stereocenters. The van der Waals surface area contributed by atoms with Crippen molar-refractivity contribution in [3.05, 3.63) is 0 Å². The van der Waals surface area contributed by atoms with Crippen molar-refractivity contribution in [2.24, 2.45) is 11.8 Å². The van der Waals surface area contributed by atoms with Gasteiger partial charge in [0, 0.05) is 19.3 Å². The molecule has 0 aromatic rings. The highest BCUT2D eigenvalue weighted by atomic mass is 16.6. The normalized spacial score (nSPS) is 12.5. The Kier molecular flexibility index (Phi) is 51.5. The quantitative estimate of drug-likeness (QED) is 0.0343. The van der Waals surface area contributed by atoms with Crippen molar-refractivity contribution in [2.45, 2.75) is 343 Å². The van der Waals surface area contributed by atoms with Gasteiger partial charge in [-0.1, -0.05) is 298 Å². The Bertz CT molecular complexity index is 1010. The fraction of sp³-hybridized carbons (Fsp3) is 0.950. The summed E-state index contributed by atoms with van der Waals surface area (Å²) in [6.45, 7) is 11.4. The molecule has 0 saturated carbocycles. The van der Waals surface area contributed by atoms with E-state index < -0.39 is 6.10 Å². The maximum atomic E-state index is 12.9. The van der Waals surface area contributed by atoms with Crippen LogP contribution in [0, 0.1) is 11.8 Å². The molecule has 392 valence electrons. The van der Waals surface area contributed by atoms with E-state index in [1.807, 2.05) is 0 Å². The van der Waals surface area contributed by atoms with Crippen LogP contribution in [0.1, 0.15) is 336 Å². The molecule has 0 amide bonds. The lowest BCUT2D eigenvalue weighted by molar-refractivity contribution is -0.167. The van der Waals surface area contributed by atoms with Crippen LogP contribution in [0.3, 0.4) is 0 Å². The molecular weight excluding hydrogens is 817 g/mol. The molecule has 6 nitrogen and oxygen atoms in total. The number of ether oxygens (including phenoxy) is 3. The van der Waals surface area contributed by atoms with E-state index in [4.69, 9.17) is 14.2 Å². The van der Waals surface area contributed by atoms with Crippen LogP contribution in [0.4, 0.5) is 0 Å². The van der Waals surface area contributed by atoms with Crippen molar-refractivity contribution in [3.63, 3.8) is 0 Å². The van der Waals surface area contributed by atoms with Crippen molar-refractivity contribution in [1.82, 2.24) is 0 Å². The molecule has 0 saturated heterocycles. The molecule has 1 unspecified atom stereocenters. The second-order valence-electron chi connectivity index (χ2n) is 21.4. The topological polar surface area (TPSA) is 78.9 Å². The zero-order valence-electron chi connectivity index (χ0n) is 45.3. The Labute approximate surface area is 412 Å². The van der Waals surface area contributed by atoms with Gasteiger partial charge in [-0.25, -0.2) is 0 Å². The van der Waals surface area contributed by atoms with Crippen LogP contribution in [-0.2, 0) is 28.6 Å². The third kappa shape index (κ3) is 51.8. The first-order valence-electron chi connectivity index (χ1n) is 29.8. The van der Waals surface area contributed by atoms with Crippen molar-refractivity contribution in [3.8, 4) is 0 Å². The van der Waals surface area contributed by atoms with E-state index in [1.165, 1.54) is 225 Å². The summed E-state index contributed by atoms with van der Waals surface area (Å²) in [7, 11) is 0. The Balaban J connectivity index is 4.30. The fourth-order valence-electron chi connectivity index (χ4n) is 9.20. The number of carbonyl (C=O) groups excluding carboxylic acids is 3. The number of esters is 3. The van der Waals surface area contributed by atoms with Gasteiger partial charge in [-0.3, -0.25) is 14.4 Å². The van der Waals surface area contributed by atoms with Gasteiger partial charge >= 0.3 is 17.9 Å².